The van der Waals surface area contributed by atoms with Gasteiger partial charge in [0.25, 0.3) is 0 Å². The number of nitrogens with zero attached hydrogens (tertiary/aromatic N) is 4. The van der Waals surface area contributed by atoms with Crippen LogP contribution in [-0.4, -0.2) is 51.7 Å². The molecule has 2 fully saturated rings. The van der Waals surface area contributed by atoms with E-state index in [1.54, 1.807) is 0 Å². The summed E-state index contributed by atoms with van der Waals surface area (Å²) in [7, 11) is 1.82. The maximum absolute atomic E-state index is 13.1. The summed E-state index contributed by atoms with van der Waals surface area (Å²) < 4.78 is 0. The lowest BCUT2D eigenvalue weighted by atomic mass is 9.90. The highest BCUT2D eigenvalue weighted by Crippen LogP contribution is 2.32. The molecule has 2 aliphatic rings. The Balaban J connectivity index is 1.40. The van der Waals surface area contributed by atoms with Crippen molar-refractivity contribution in [2.75, 3.05) is 29.5 Å². The summed E-state index contributed by atoms with van der Waals surface area (Å²) in [5.41, 5.74) is 8.56. The van der Waals surface area contributed by atoms with Gasteiger partial charge in [0.15, 0.2) is 5.82 Å². The van der Waals surface area contributed by atoms with Crippen molar-refractivity contribution in [1.82, 2.24) is 25.5 Å². The Morgan fingerprint density at radius 3 is 2.74 bits per heavy atom. The van der Waals surface area contributed by atoms with Gasteiger partial charge in [0.2, 0.25) is 11.9 Å². The monoisotopic (exact) mass is 462 g/mol. The van der Waals surface area contributed by atoms with E-state index in [2.05, 4.69) is 32.7 Å². The van der Waals surface area contributed by atoms with Crippen molar-refractivity contribution in [2.24, 2.45) is 5.92 Å². The predicted molar refractivity (Wildman–Crippen MR) is 136 cm³/mol. The van der Waals surface area contributed by atoms with Crippen molar-refractivity contribution in [2.45, 2.75) is 64.0 Å². The van der Waals surface area contributed by atoms with E-state index in [0.717, 1.165) is 53.7 Å². The summed E-state index contributed by atoms with van der Waals surface area (Å²) in [6, 6.07) is 8.60. The van der Waals surface area contributed by atoms with Gasteiger partial charge in [-0.25, -0.2) is 4.98 Å². The van der Waals surface area contributed by atoms with Gasteiger partial charge < -0.3 is 21.3 Å². The Morgan fingerprint density at radius 2 is 1.94 bits per heavy atom. The van der Waals surface area contributed by atoms with Crippen molar-refractivity contribution in [3.05, 3.63) is 24.3 Å². The third-order valence-corrected chi connectivity index (χ3v) is 7.32. The SMILES string of the molecule is CNc1nc(-c2ccc3c(N)n[nH]c3c2)cc(N2C[C@H](C(=O)NC3CCCCC3)CC[C@H]2C)n1. The number of aromatic nitrogens is 4. The number of carbonyl (C=O) groups excluding carboxylic acids is 1. The van der Waals surface area contributed by atoms with Gasteiger partial charge in [-0.3, -0.25) is 9.89 Å². The zero-order valence-electron chi connectivity index (χ0n) is 20.0. The number of nitrogen functional groups attached to an aromatic ring is 1. The van der Waals surface area contributed by atoms with Crippen LogP contribution in [0.25, 0.3) is 22.2 Å². The summed E-state index contributed by atoms with van der Waals surface area (Å²) in [5.74, 6) is 2.03. The average molecular weight is 463 g/mol. The van der Waals surface area contributed by atoms with Crippen LogP contribution >= 0.6 is 0 Å². The molecule has 0 unspecified atom stereocenters. The van der Waals surface area contributed by atoms with Crippen molar-refractivity contribution in [3.8, 4) is 11.3 Å². The van der Waals surface area contributed by atoms with E-state index in [-0.39, 0.29) is 11.8 Å². The van der Waals surface area contributed by atoms with Gasteiger partial charge in [0.1, 0.15) is 5.82 Å². The molecular weight excluding hydrogens is 428 g/mol. The number of nitrogens with one attached hydrogen (secondary N) is 3. The molecule has 2 atom stereocenters. The maximum Gasteiger partial charge on any atom is 0.225 e. The zero-order valence-corrected chi connectivity index (χ0v) is 20.0. The minimum atomic E-state index is -0.0288. The van der Waals surface area contributed by atoms with E-state index in [4.69, 9.17) is 15.7 Å². The molecule has 1 saturated carbocycles. The summed E-state index contributed by atoms with van der Waals surface area (Å²) >= 11 is 0. The number of fused-ring (bicyclic) bond motifs is 1. The molecule has 5 N–H and O–H groups in total. The first kappa shape index (κ1) is 22.4. The molecule has 1 amide bonds. The number of carbonyl (C=O) groups is 1. The standard InChI is InChI=1S/C25H34N8O/c1-15-8-9-17(24(34)28-18-6-4-3-5-7-18)14-33(15)22-13-20(29-25(27-2)30-22)16-10-11-19-21(12-16)31-32-23(19)26/h10-13,15,17-18H,3-9,14H2,1-2H3,(H,28,34)(H3,26,31,32)(H,27,29,30)/t15-,17-/m1/s1. The zero-order chi connectivity index (χ0) is 23.7. The molecule has 0 spiro atoms. The number of amides is 1. The Kier molecular flexibility index (Phi) is 6.26. The van der Waals surface area contributed by atoms with Crippen LogP contribution in [0.4, 0.5) is 17.6 Å². The van der Waals surface area contributed by atoms with Crippen molar-refractivity contribution < 1.29 is 4.79 Å². The number of nitrogens with two attached hydrogens (primary N) is 1. The molecule has 9 nitrogen and oxygen atoms in total. The fourth-order valence-electron chi connectivity index (χ4n) is 5.25. The summed E-state index contributed by atoms with van der Waals surface area (Å²) in [6.07, 6.45) is 7.78. The van der Waals surface area contributed by atoms with E-state index in [1.807, 2.05) is 31.3 Å². The van der Waals surface area contributed by atoms with Gasteiger partial charge >= 0.3 is 0 Å². The second kappa shape index (κ2) is 9.48. The second-order valence-electron chi connectivity index (χ2n) is 9.67. The fraction of sp³-hybridized carbons (Fsp3) is 0.520. The summed E-state index contributed by atoms with van der Waals surface area (Å²) in [6.45, 7) is 2.87. The van der Waals surface area contributed by atoms with Gasteiger partial charge in [-0.2, -0.15) is 10.1 Å². The Labute approximate surface area is 199 Å². The van der Waals surface area contributed by atoms with E-state index in [0.29, 0.717) is 30.4 Å². The third-order valence-electron chi connectivity index (χ3n) is 7.32. The Bertz CT molecular complexity index is 1170. The Morgan fingerprint density at radius 1 is 1.12 bits per heavy atom. The van der Waals surface area contributed by atoms with E-state index in [1.165, 1.54) is 19.3 Å². The molecule has 34 heavy (non-hydrogen) atoms. The van der Waals surface area contributed by atoms with Crippen LogP contribution in [-0.2, 0) is 4.79 Å². The van der Waals surface area contributed by atoms with E-state index < -0.39 is 0 Å². The lowest BCUT2D eigenvalue weighted by Gasteiger charge is -2.39. The highest BCUT2D eigenvalue weighted by Gasteiger charge is 2.32. The highest BCUT2D eigenvalue weighted by molar-refractivity contribution is 5.91. The molecule has 0 bridgehead atoms. The summed E-state index contributed by atoms with van der Waals surface area (Å²) in [4.78, 5) is 24.8. The lowest BCUT2D eigenvalue weighted by Crippen LogP contribution is -2.49. The van der Waals surface area contributed by atoms with Crippen LogP contribution in [0.5, 0.6) is 0 Å². The van der Waals surface area contributed by atoms with Crippen molar-refractivity contribution in [3.63, 3.8) is 0 Å². The first-order valence-corrected chi connectivity index (χ1v) is 12.4. The number of hydrogen-bond donors (Lipinski definition) is 4. The van der Waals surface area contributed by atoms with E-state index >= 15 is 0 Å². The molecule has 1 aromatic carbocycles. The largest absolute Gasteiger partial charge is 0.382 e. The number of H-pyrrole nitrogens is 1. The molecule has 9 heteroatoms. The molecule has 0 radical (unpaired) electrons. The first-order valence-electron chi connectivity index (χ1n) is 12.4. The molecular formula is C25H34N8O. The van der Waals surface area contributed by atoms with Gasteiger partial charge in [0.05, 0.1) is 17.1 Å². The first-order chi connectivity index (χ1) is 16.5. The van der Waals surface area contributed by atoms with Crippen LogP contribution in [0, 0.1) is 5.92 Å². The second-order valence-corrected chi connectivity index (χ2v) is 9.67. The van der Waals surface area contributed by atoms with Gasteiger partial charge in [-0.1, -0.05) is 25.3 Å². The Hall–Kier alpha value is -3.36. The maximum atomic E-state index is 13.1. The number of rotatable bonds is 5. The van der Waals surface area contributed by atoms with Crippen LogP contribution in [0.15, 0.2) is 24.3 Å². The summed E-state index contributed by atoms with van der Waals surface area (Å²) in [5, 5.41) is 14.4. The molecule has 180 valence electrons. The van der Waals surface area contributed by atoms with Crippen molar-refractivity contribution in [1.29, 1.82) is 0 Å². The lowest BCUT2D eigenvalue weighted by molar-refractivity contribution is -0.126. The molecule has 1 aliphatic heterocycles. The molecule has 2 aromatic heterocycles. The molecule has 5 rings (SSSR count). The van der Waals surface area contributed by atoms with Crippen LogP contribution < -0.4 is 21.3 Å². The molecule has 1 saturated heterocycles. The number of piperidine rings is 1. The topological polar surface area (TPSA) is 125 Å². The predicted octanol–water partition coefficient (Wildman–Crippen LogP) is 3.70. The van der Waals surface area contributed by atoms with Crippen LogP contribution in [0.2, 0.25) is 0 Å². The fourth-order valence-corrected chi connectivity index (χ4v) is 5.25. The number of benzene rings is 1. The van der Waals surface area contributed by atoms with Gasteiger partial charge in [-0.15, -0.1) is 0 Å². The quantitative estimate of drug-likeness (QED) is 0.456. The average Bonchev–Trinajstić information content (AvgIpc) is 3.24. The van der Waals surface area contributed by atoms with Crippen LogP contribution in [0.3, 0.4) is 0 Å². The number of aromatic amines is 1. The minimum absolute atomic E-state index is 0.0288. The smallest absolute Gasteiger partial charge is 0.225 e. The van der Waals surface area contributed by atoms with Gasteiger partial charge in [-0.05, 0) is 44.7 Å². The van der Waals surface area contributed by atoms with E-state index in [9.17, 15) is 4.79 Å². The normalized spacial score (nSPS) is 21.5. The molecule has 3 aromatic rings. The highest BCUT2D eigenvalue weighted by atomic mass is 16.2. The van der Waals surface area contributed by atoms with Crippen molar-refractivity contribution >= 4 is 34.4 Å². The molecule has 1 aliphatic carbocycles. The molecule has 3 heterocycles. The number of anilines is 3. The van der Waals surface area contributed by atoms with Gasteiger partial charge in [0, 0.05) is 42.7 Å². The number of hydrogen-bond acceptors (Lipinski definition) is 7. The minimum Gasteiger partial charge on any atom is -0.382 e. The van der Waals surface area contributed by atoms with Crippen LogP contribution in [0.1, 0.15) is 51.9 Å². The third kappa shape index (κ3) is 4.51.